The minimum Gasteiger partial charge on any atom is -0.412 e. The molecule has 0 spiro atoms. The summed E-state index contributed by atoms with van der Waals surface area (Å²) < 4.78 is 6.87. The smallest absolute Gasteiger partial charge is 0.200 e. The predicted octanol–water partition coefficient (Wildman–Crippen LogP) is 6.49. The van der Waals surface area contributed by atoms with Crippen molar-refractivity contribution in [3.8, 4) is 0 Å². The van der Waals surface area contributed by atoms with Gasteiger partial charge in [0.1, 0.15) is 6.29 Å². The van der Waals surface area contributed by atoms with Crippen LogP contribution in [0, 0.1) is 5.92 Å². The molecule has 0 saturated heterocycles. The zero-order valence-corrected chi connectivity index (χ0v) is 18.0. The largest absolute Gasteiger partial charge is 0.412 e. The fourth-order valence-corrected chi connectivity index (χ4v) is 9.74. The summed E-state index contributed by atoms with van der Waals surface area (Å²) in [6, 6.07) is 10.3. The summed E-state index contributed by atoms with van der Waals surface area (Å²) in [6.45, 7) is 15.9. The summed E-state index contributed by atoms with van der Waals surface area (Å²) in [4.78, 5) is 11.3. The number of rotatable bonds is 10. The van der Waals surface area contributed by atoms with E-state index in [2.05, 4.69) is 72.8 Å². The molecule has 0 amide bonds. The second kappa shape index (κ2) is 10.1. The second-order valence-corrected chi connectivity index (χ2v) is 13.4. The van der Waals surface area contributed by atoms with Crippen LogP contribution in [0.3, 0.4) is 0 Å². The summed E-state index contributed by atoms with van der Waals surface area (Å²) in [5.74, 6) is 0.202. The van der Waals surface area contributed by atoms with Crippen LogP contribution in [0.2, 0.25) is 16.6 Å². The van der Waals surface area contributed by atoms with E-state index in [0.29, 0.717) is 23.0 Å². The Morgan fingerprint density at radius 3 is 1.88 bits per heavy atom. The first-order valence-electron chi connectivity index (χ1n) is 9.60. The molecule has 0 bridgehead atoms. The quantitative estimate of drug-likeness (QED) is 0.352. The average molecular weight is 361 g/mol. The first-order valence-corrected chi connectivity index (χ1v) is 11.7. The SMILES string of the molecule is CC(C)[Si](O[C@@H](CC=O)[C@H](C)/C=C/c1ccccc1)(C(C)C)C(C)C. The minimum atomic E-state index is -1.99. The molecule has 0 heterocycles. The lowest BCUT2D eigenvalue weighted by Gasteiger charge is -2.45. The van der Waals surface area contributed by atoms with Crippen molar-refractivity contribution in [2.75, 3.05) is 0 Å². The number of carbonyl (C=O) groups is 1. The highest BCUT2D eigenvalue weighted by atomic mass is 28.4. The van der Waals surface area contributed by atoms with Gasteiger partial charge in [0.25, 0.3) is 0 Å². The fraction of sp³-hybridized carbons (Fsp3) is 0.591. The summed E-state index contributed by atoms with van der Waals surface area (Å²) in [5, 5.41) is 0. The molecule has 2 atom stereocenters. The van der Waals surface area contributed by atoms with Crippen LogP contribution in [0.25, 0.3) is 6.08 Å². The molecule has 2 nitrogen and oxygen atoms in total. The Morgan fingerprint density at radius 2 is 1.44 bits per heavy atom. The van der Waals surface area contributed by atoms with Crippen molar-refractivity contribution in [1.29, 1.82) is 0 Å². The molecule has 0 radical (unpaired) electrons. The van der Waals surface area contributed by atoms with E-state index in [0.717, 1.165) is 6.29 Å². The van der Waals surface area contributed by atoms with Gasteiger partial charge in [-0.05, 0) is 28.1 Å². The lowest BCUT2D eigenvalue weighted by atomic mass is 10.0. The van der Waals surface area contributed by atoms with Crippen molar-refractivity contribution in [2.24, 2.45) is 5.92 Å². The molecule has 0 fully saturated rings. The van der Waals surface area contributed by atoms with Gasteiger partial charge in [-0.25, -0.2) is 0 Å². The van der Waals surface area contributed by atoms with Gasteiger partial charge in [-0.3, -0.25) is 0 Å². The van der Waals surface area contributed by atoms with Crippen LogP contribution in [-0.2, 0) is 9.22 Å². The minimum absolute atomic E-state index is 0.0451. The van der Waals surface area contributed by atoms with Gasteiger partial charge in [-0.15, -0.1) is 0 Å². The molecule has 0 aliphatic heterocycles. The molecule has 0 unspecified atom stereocenters. The molecule has 0 aromatic heterocycles. The van der Waals surface area contributed by atoms with E-state index in [1.165, 1.54) is 5.56 Å². The molecule has 25 heavy (non-hydrogen) atoms. The van der Waals surface area contributed by atoms with Gasteiger partial charge in [0.05, 0.1) is 6.10 Å². The van der Waals surface area contributed by atoms with Crippen molar-refractivity contribution in [2.45, 2.75) is 77.6 Å². The Kier molecular flexibility index (Phi) is 8.81. The Morgan fingerprint density at radius 1 is 0.920 bits per heavy atom. The Labute approximate surface area is 155 Å². The van der Waals surface area contributed by atoms with Gasteiger partial charge in [-0.1, -0.05) is 91.0 Å². The summed E-state index contributed by atoms with van der Waals surface area (Å²) in [7, 11) is -1.99. The van der Waals surface area contributed by atoms with E-state index < -0.39 is 8.32 Å². The molecule has 140 valence electrons. The number of benzene rings is 1. The van der Waals surface area contributed by atoms with Gasteiger partial charge in [0, 0.05) is 6.42 Å². The highest BCUT2D eigenvalue weighted by Crippen LogP contribution is 2.44. The first kappa shape index (κ1) is 21.8. The molecule has 0 saturated carbocycles. The second-order valence-electron chi connectivity index (χ2n) is 8.01. The lowest BCUT2D eigenvalue weighted by Crippen LogP contribution is -2.51. The Hall–Kier alpha value is -1.19. The zero-order valence-electron chi connectivity index (χ0n) is 17.0. The molecule has 0 aliphatic carbocycles. The zero-order chi connectivity index (χ0) is 19.0. The standard InChI is InChI=1S/C22H36O2Si/c1-17(2)25(18(3)4,19(5)6)24-22(15-16-23)20(7)13-14-21-11-9-8-10-12-21/h8-14,16-20,22H,15H2,1-7H3/b14-13+/t20-,22+/m1/s1. The molecule has 0 N–H and O–H groups in total. The van der Waals surface area contributed by atoms with Crippen molar-refractivity contribution in [3.05, 3.63) is 42.0 Å². The van der Waals surface area contributed by atoms with Gasteiger partial charge in [0.2, 0.25) is 8.32 Å². The fourth-order valence-electron chi connectivity index (χ4n) is 4.09. The van der Waals surface area contributed by atoms with Crippen molar-refractivity contribution in [1.82, 2.24) is 0 Å². The number of hydrogen-bond acceptors (Lipinski definition) is 2. The molecular weight excluding hydrogens is 324 g/mol. The average Bonchev–Trinajstić information content (AvgIpc) is 2.56. The summed E-state index contributed by atoms with van der Waals surface area (Å²) in [5.41, 5.74) is 2.74. The molecule has 1 aromatic rings. The van der Waals surface area contributed by atoms with Gasteiger partial charge >= 0.3 is 0 Å². The third kappa shape index (κ3) is 5.65. The topological polar surface area (TPSA) is 26.3 Å². The molecule has 1 rings (SSSR count). The Balaban J connectivity index is 3.04. The molecule has 1 aromatic carbocycles. The first-order chi connectivity index (χ1) is 11.8. The highest BCUT2D eigenvalue weighted by molar-refractivity contribution is 6.77. The lowest BCUT2D eigenvalue weighted by molar-refractivity contribution is -0.109. The number of aldehydes is 1. The third-order valence-corrected chi connectivity index (χ3v) is 11.5. The summed E-state index contributed by atoms with van der Waals surface area (Å²) in [6.07, 6.45) is 5.74. The van der Waals surface area contributed by atoms with Gasteiger partial charge < -0.3 is 9.22 Å². The van der Waals surface area contributed by atoms with Crippen molar-refractivity contribution >= 4 is 20.7 Å². The van der Waals surface area contributed by atoms with E-state index in [4.69, 9.17) is 4.43 Å². The van der Waals surface area contributed by atoms with Crippen LogP contribution in [0.1, 0.15) is 60.5 Å². The third-order valence-electron chi connectivity index (χ3n) is 5.37. The van der Waals surface area contributed by atoms with E-state index in [1.54, 1.807) is 0 Å². The van der Waals surface area contributed by atoms with E-state index >= 15 is 0 Å². The molecule has 3 heteroatoms. The van der Waals surface area contributed by atoms with Gasteiger partial charge in [-0.2, -0.15) is 0 Å². The highest BCUT2D eigenvalue weighted by Gasteiger charge is 2.46. The molecule has 0 aliphatic rings. The van der Waals surface area contributed by atoms with Crippen LogP contribution < -0.4 is 0 Å². The number of carbonyl (C=O) groups excluding carboxylic acids is 1. The predicted molar refractivity (Wildman–Crippen MR) is 111 cm³/mol. The maximum atomic E-state index is 11.3. The summed E-state index contributed by atoms with van der Waals surface area (Å²) >= 11 is 0. The van der Waals surface area contributed by atoms with Crippen LogP contribution in [-0.4, -0.2) is 20.7 Å². The number of hydrogen-bond donors (Lipinski definition) is 0. The maximum Gasteiger partial charge on any atom is 0.200 e. The monoisotopic (exact) mass is 360 g/mol. The molecular formula is C22H36O2Si. The maximum absolute atomic E-state index is 11.3. The van der Waals surface area contributed by atoms with Crippen LogP contribution in [0.4, 0.5) is 0 Å². The normalized spacial score (nSPS) is 15.3. The van der Waals surface area contributed by atoms with Crippen LogP contribution >= 0.6 is 0 Å². The van der Waals surface area contributed by atoms with E-state index in [9.17, 15) is 4.79 Å². The van der Waals surface area contributed by atoms with Crippen LogP contribution in [0.5, 0.6) is 0 Å². The van der Waals surface area contributed by atoms with E-state index in [-0.39, 0.29) is 12.0 Å². The van der Waals surface area contributed by atoms with Crippen molar-refractivity contribution < 1.29 is 9.22 Å². The Bertz CT molecular complexity index is 512. The van der Waals surface area contributed by atoms with Gasteiger partial charge in [0.15, 0.2) is 0 Å². The van der Waals surface area contributed by atoms with Crippen molar-refractivity contribution in [3.63, 3.8) is 0 Å². The van der Waals surface area contributed by atoms with Crippen LogP contribution in [0.15, 0.2) is 36.4 Å². The van der Waals surface area contributed by atoms with E-state index in [1.807, 2.05) is 18.2 Å².